The first-order valence-corrected chi connectivity index (χ1v) is 6.66. The lowest BCUT2D eigenvalue weighted by Crippen LogP contribution is -2.17. The summed E-state index contributed by atoms with van der Waals surface area (Å²) in [4.78, 5) is 4.46. The highest BCUT2D eigenvalue weighted by molar-refractivity contribution is 7.99. The molecule has 1 aliphatic rings. The fourth-order valence-electron chi connectivity index (χ4n) is 1.86. The second-order valence-corrected chi connectivity index (χ2v) is 5.50. The van der Waals surface area contributed by atoms with E-state index in [-0.39, 0.29) is 6.04 Å². The average Bonchev–Trinajstić information content (AvgIpc) is 2.77. The second-order valence-electron chi connectivity index (χ2n) is 4.35. The van der Waals surface area contributed by atoms with Crippen LogP contribution in [-0.4, -0.2) is 22.5 Å². The van der Waals surface area contributed by atoms with Crippen LogP contribution < -0.4 is 5.73 Å². The lowest BCUT2D eigenvalue weighted by Gasteiger charge is -2.03. The van der Waals surface area contributed by atoms with E-state index < -0.39 is 0 Å². The van der Waals surface area contributed by atoms with Crippen LogP contribution in [0.2, 0.25) is 0 Å². The molecule has 2 unspecified atom stereocenters. The summed E-state index contributed by atoms with van der Waals surface area (Å²) in [5.41, 5.74) is 6.70. The number of thioether (sulfide) groups is 1. The van der Waals surface area contributed by atoms with Gasteiger partial charge in [0.15, 0.2) is 5.89 Å². The predicted octanol–water partition coefficient (Wildman–Crippen LogP) is 1.86. The van der Waals surface area contributed by atoms with Gasteiger partial charge in [0, 0.05) is 18.9 Å². The third-order valence-electron chi connectivity index (χ3n) is 2.62. The number of rotatable bonds is 4. The highest BCUT2D eigenvalue weighted by Crippen LogP contribution is 2.26. The second kappa shape index (κ2) is 5.03. The van der Waals surface area contributed by atoms with Crippen molar-refractivity contribution in [3.05, 3.63) is 17.8 Å². The Morgan fingerprint density at radius 1 is 1.73 bits per heavy atom. The molecule has 2 rings (SSSR count). The fourth-order valence-corrected chi connectivity index (χ4v) is 3.14. The van der Waals surface area contributed by atoms with Crippen LogP contribution in [0, 0.1) is 5.92 Å². The van der Waals surface area contributed by atoms with Crippen LogP contribution >= 0.6 is 11.8 Å². The van der Waals surface area contributed by atoms with Crippen LogP contribution in [0.5, 0.6) is 0 Å². The summed E-state index contributed by atoms with van der Waals surface area (Å²) in [5.74, 6) is 4.19. The highest BCUT2D eigenvalue weighted by atomic mass is 32.2. The standard InChI is InChI=1S/C11H18N2OS/c1-8(12)4-10-6-14-11(13-10)5-9-2-3-15-7-9/h6,8-9H,2-5,7,12H2,1H3. The molecular weight excluding hydrogens is 208 g/mol. The molecule has 2 N–H and O–H groups in total. The van der Waals surface area contributed by atoms with Crippen molar-refractivity contribution in [3.8, 4) is 0 Å². The van der Waals surface area contributed by atoms with Crippen LogP contribution in [0.15, 0.2) is 10.7 Å². The monoisotopic (exact) mass is 226 g/mol. The van der Waals surface area contributed by atoms with Crippen LogP contribution in [0.1, 0.15) is 24.9 Å². The smallest absolute Gasteiger partial charge is 0.194 e. The molecule has 0 aliphatic carbocycles. The first-order valence-electron chi connectivity index (χ1n) is 5.50. The van der Waals surface area contributed by atoms with Crippen LogP contribution in [0.4, 0.5) is 0 Å². The Bertz CT molecular complexity index is 305. The molecule has 1 aromatic rings. The van der Waals surface area contributed by atoms with E-state index in [1.807, 2.05) is 18.7 Å². The van der Waals surface area contributed by atoms with E-state index >= 15 is 0 Å². The number of oxazole rings is 1. The molecule has 2 heterocycles. The number of nitrogens with two attached hydrogens (primary N) is 1. The van der Waals surface area contributed by atoms with Gasteiger partial charge in [0.05, 0.1) is 5.69 Å². The first kappa shape index (κ1) is 11.0. The van der Waals surface area contributed by atoms with Gasteiger partial charge < -0.3 is 10.2 Å². The average molecular weight is 226 g/mol. The van der Waals surface area contributed by atoms with Gasteiger partial charge in [-0.15, -0.1) is 0 Å². The summed E-state index contributed by atoms with van der Waals surface area (Å²) in [6, 6.07) is 0.157. The van der Waals surface area contributed by atoms with Crippen molar-refractivity contribution in [2.24, 2.45) is 11.7 Å². The number of nitrogens with zero attached hydrogens (tertiary/aromatic N) is 1. The molecule has 2 atom stereocenters. The van der Waals surface area contributed by atoms with Crippen molar-refractivity contribution >= 4 is 11.8 Å². The van der Waals surface area contributed by atoms with E-state index in [0.717, 1.165) is 30.3 Å². The van der Waals surface area contributed by atoms with Crippen molar-refractivity contribution in [1.29, 1.82) is 0 Å². The summed E-state index contributed by atoms with van der Waals surface area (Å²) >= 11 is 2.03. The molecule has 0 amide bonds. The van der Waals surface area contributed by atoms with Crippen LogP contribution in [-0.2, 0) is 12.8 Å². The quantitative estimate of drug-likeness (QED) is 0.851. The van der Waals surface area contributed by atoms with Gasteiger partial charge in [-0.2, -0.15) is 11.8 Å². The Hall–Kier alpha value is -0.480. The van der Waals surface area contributed by atoms with Gasteiger partial charge >= 0.3 is 0 Å². The SMILES string of the molecule is CC(N)Cc1coc(CC2CCSC2)n1. The maximum Gasteiger partial charge on any atom is 0.194 e. The van der Waals surface area contributed by atoms with Gasteiger partial charge in [0.1, 0.15) is 6.26 Å². The van der Waals surface area contributed by atoms with E-state index in [4.69, 9.17) is 10.2 Å². The summed E-state index contributed by atoms with van der Waals surface area (Å²) in [5, 5.41) is 0. The summed E-state index contributed by atoms with van der Waals surface area (Å²) < 4.78 is 5.45. The Balaban J connectivity index is 1.88. The van der Waals surface area contributed by atoms with Gasteiger partial charge in [-0.3, -0.25) is 0 Å². The van der Waals surface area contributed by atoms with Crippen molar-refractivity contribution in [1.82, 2.24) is 4.98 Å². The molecule has 84 valence electrons. The molecule has 0 spiro atoms. The van der Waals surface area contributed by atoms with Crippen LogP contribution in [0.3, 0.4) is 0 Å². The maximum absolute atomic E-state index is 5.71. The first-order chi connectivity index (χ1) is 7.24. The largest absolute Gasteiger partial charge is 0.449 e. The van der Waals surface area contributed by atoms with E-state index in [1.54, 1.807) is 6.26 Å². The van der Waals surface area contributed by atoms with E-state index in [1.165, 1.54) is 17.9 Å². The molecular formula is C11H18N2OS. The zero-order chi connectivity index (χ0) is 10.7. The molecule has 0 bridgehead atoms. The zero-order valence-corrected chi connectivity index (χ0v) is 9.93. The van der Waals surface area contributed by atoms with E-state index in [0.29, 0.717) is 0 Å². The lowest BCUT2D eigenvalue weighted by molar-refractivity contribution is 0.447. The third-order valence-corrected chi connectivity index (χ3v) is 3.85. The Morgan fingerprint density at radius 2 is 2.60 bits per heavy atom. The fraction of sp³-hybridized carbons (Fsp3) is 0.727. The molecule has 0 aromatic carbocycles. The molecule has 0 saturated carbocycles. The molecule has 1 saturated heterocycles. The van der Waals surface area contributed by atoms with Gasteiger partial charge in [0.25, 0.3) is 0 Å². The predicted molar refractivity (Wildman–Crippen MR) is 63.0 cm³/mol. The molecule has 1 fully saturated rings. The molecule has 1 aromatic heterocycles. The van der Waals surface area contributed by atoms with Crippen LogP contribution in [0.25, 0.3) is 0 Å². The van der Waals surface area contributed by atoms with Crippen molar-refractivity contribution in [2.75, 3.05) is 11.5 Å². The lowest BCUT2D eigenvalue weighted by atomic mass is 10.1. The topological polar surface area (TPSA) is 52.0 Å². The molecule has 4 heteroatoms. The van der Waals surface area contributed by atoms with Crippen molar-refractivity contribution in [2.45, 2.75) is 32.2 Å². The zero-order valence-electron chi connectivity index (χ0n) is 9.11. The maximum atomic E-state index is 5.71. The van der Waals surface area contributed by atoms with Crippen molar-refractivity contribution < 1.29 is 4.42 Å². The van der Waals surface area contributed by atoms with Gasteiger partial charge in [-0.05, 0) is 30.8 Å². The number of aromatic nitrogens is 1. The summed E-state index contributed by atoms with van der Waals surface area (Å²) in [6.07, 6.45) is 4.85. The molecule has 0 radical (unpaired) electrons. The Labute approximate surface area is 94.8 Å². The highest BCUT2D eigenvalue weighted by Gasteiger charge is 2.18. The van der Waals surface area contributed by atoms with E-state index in [2.05, 4.69) is 4.98 Å². The summed E-state index contributed by atoms with van der Waals surface area (Å²) in [6.45, 7) is 1.99. The normalized spacial score (nSPS) is 23.2. The van der Waals surface area contributed by atoms with Gasteiger partial charge in [0.2, 0.25) is 0 Å². The van der Waals surface area contributed by atoms with E-state index in [9.17, 15) is 0 Å². The Kier molecular flexibility index (Phi) is 3.70. The minimum atomic E-state index is 0.157. The minimum absolute atomic E-state index is 0.157. The molecule has 3 nitrogen and oxygen atoms in total. The van der Waals surface area contributed by atoms with Crippen molar-refractivity contribution in [3.63, 3.8) is 0 Å². The number of hydrogen-bond donors (Lipinski definition) is 1. The number of hydrogen-bond acceptors (Lipinski definition) is 4. The van der Waals surface area contributed by atoms with Gasteiger partial charge in [-0.1, -0.05) is 0 Å². The van der Waals surface area contributed by atoms with Gasteiger partial charge in [-0.25, -0.2) is 4.98 Å². The molecule has 15 heavy (non-hydrogen) atoms. The molecule has 1 aliphatic heterocycles. The minimum Gasteiger partial charge on any atom is -0.449 e. The third kappa shape index (κ3) is 3.24. The Morgan fingerprint density at radius 3 is 3.27 bits per heavy atom. The summed E-state index contributed by atoms with van der Waals surface area (Å²) in [7, 11) is 0.